The Morgan fingerprint density at radius 3 is 2.84 bits per heavy atom. The van der Waals surface area contributed by atoms with Gasteiger partial charge in [0.1, 0.15) is 5.75 Å². The quantitative estimate of drug-likeness (QED) is 0.659. The third-order valence-corrected chi connectivity index (χ3v) is 2.97. The van der Waals surface area contributed by atoms with Gasteiger partial charge in [-0.05, 0) is 25.5 Å². The maximum Gasteiger partial charge on any atom is 0.221 e. The smallest absolute Gasteiger partial charge is 0.221 e. The number of para-hydroxylation sites is 1. The first kappa shape index (κ1) is 15.1. The number of rotatable bonds is 7. The van der Waals surface area contributed by atoms with Crippen LogP contribution in [0.25, 0.3) is 0 Å². The molecule has 0 radical (unpaired) electrons. The number of ether oxygens (including phenoxy) is 1. The number of nitrogens with one attached hydrogen (secondary N) is 2. The van der Waals surface area contributed by atoms with E-state index < -0.39 is 0 Å². The Morgan fingerprint density at radius 2 is 2.21 bits per heavy atom. The van der Waals surface area contributed by atoms with Crippen molar-refractivity contribution in [2.75, 3.05) is 24.7 Å². The van der Waals surface area contributed by atoms with Crippen molar-refractivity contribution in [1.29, 1.82) is 0 Å². The molecule has 0 saturated carbocycles. The molecular formula is C14H23N3O2. The van der Waals surface area contributed by atoms with E-state index >= 15 is 0 Å². The van der Waals surface area contributed by atoms with Gasteiger partial charge in [0.05, 0.1) is 18.5 Å². The van der Waals surface area contributed by atoms with Crippen LogP contribution in [-0.4, -0.2) is 25.6 Å². The maximum atomic E-state index is 11.6. The molecule has 0 spiro atoms. The van der Waals surface area contributed by atoms with Gasteiger partial charge in [-0.2, -0.15) is 0 Å². The number of hydrogen-bond donors (Lipinski definition) is 3. The molecule has 1 aromatic rings. The van der Waals surface area contributed by atoms with Crippen LogP contribution in [-0.2, 0) is 4.79 Å². The molecule has 106 valence electrons. The molecule has 4 N–H and O–H groups in total. The molecule has 0 aliphatic rings. The summed E-state index contributed by atoms with van der Waals surface area (Å²) >= 11 is 0. The highest BCUT2D eigenvalue weighted by molar-refractivity contribution is 5.77. The molecule has 0 fully saturated rings. The van der Waals surface area contributed by atoms with Gasteiger partial charge in [-0.1, -0.05) is 13.0 Å². The average Bonchev–Trinajstić information content (AvgIpc) is 2.40. The Bertz CT molecular complexity index is 421. The number of amides is 1. The largest absolute Gasteiger partial charge is 0.495 e. The monoisotopic (exact) mass is 265 g/mol. The summed E-state index contributed by atoms with van der Waals surface area (Å²) in [5.41, 5.74) is 7.27. The third kappa shape index (κ3) is 4.69. The van der Waals surface area contributed by atoms with Crippen molar-refractivity contribution in [3.63, 3.8) is 0 Å². The van der Waals surface area contributed by atoms with Crippen molar-refractivity contribution in [1.82, 2.24) is 5.32 Å². The summed E-state index contributed by atoms with van der Waals surface area (Å²) in [5.74, 6) is 0.678. The number of nitrogen functional groups attached to an aromatic ring is 1. The number of hydrogen-bond acceptors (Lipinski definition) is 4. The molecule has 0 bridgehead atoms. The first-order valence-corrected chi connectivity index (χ1v) is 6.54. The number of methoxy groups -OCH3 is 1. The fourth-order valence-electron chi connectivity index (χ4n) is 1.64. The van der Waals surface area contributed by atoms with Crippen molar-refractivity contribution in [3.8, 4) is 5.75 Å². The van der Waals surface area contributed by atoms with Crippen molar-refractivity contribution < 1.29 is 9.53 Å². The predicted molar refractivity (Wildman–Crippen MR) is 78.4 cm³/mol. The van der Waals surface area contributed by atoms with Crippen molar-refractivity contribution >= 4 is 17.3 Å². The topological polar surface area (TPSA) is 76.4 Å². The van der Waals surface area contributed by atoms with Crippen LogP contribution >= 0.6 is 0 Å². The van der Waals surface area contributed by atoms with Crippen LogP contribution in [0.15, 0.2) is 18.2 Å². The second kappa shape index (κ2) is 7.51. The molecule has 5 nitrogen and oxygen atoms in total. The highest BCUT2D eigenvalue weighted by Gasteiger charge is 2.07. The number of carbonyl (C=O) groups is 1. The molecule has 0 aliphatic heterocycles. The summed E-state index contributed by atoms with van der Waals surface area (Å²) in [5, 5.41) is 6.06. The molecule has 1 aromatic carbocycles. The summed E-state index contributed by atoms with van der Waals surface area (Å²) in [7, 11) is 1.58. The first-order chi connectivity index (χ1) is 9.08. The van der Waals surface area contributed by atoms with Gasteiger partial charge in [-0.3, -0.25) is 4.79 Å². The van der Waals surface area contributed by atoms with Gasteiger partial charge in [0.15, 0.2) is 0 Å². The van der Waals surface area contributed by atoms with Crippen LogP contribution in [0.1, 0.15) is 26.7 Å². The van der Waals surface area contributed by atoms with Gasteiger partial charge in [-0.15, -0.1) is 0 Å². The molecule has 19 heavy (non-hydrogen) atoms. The van der Waals surface area contributed by atoms with E-state index in [1.165, 1.54) is 0 Å². The highest BCUT2D eigenvalue weighted by Crippen LogP contribution is 2.28. The Morgan fingerprint density at radius 1 is 1.47 bits per heavy atom. The van der Waals surface area contributed by atoms with E-state index in [0.717, 1.165) is 12.1 Å². The lowest BCUT2D eigenvalue weighted by Crippen LogP contribution is -2.32. The molecule has 5 heteroatoms. The fraction of sp³-hybridized carbons (Fsp3) is 0.500. The van der Waals surface area contributed by atoms with Gasteiger partial charge < -0.3 is 21.1 Å². The van der Waals surface area contributed by atoms with Crippen LogP contribution in [0.5, 0.6) is 5.75 Å². The van der Waals surface area contributed by atoms with Gasteiger partial charge >= 0.3 is 0 Å². The van der Waals surface area contributed by atoms with E-state index in [0.29, 0.717) is 24.4 Å². The first-order valence-electron chi connectivity index (χ1n) is 6.54. The molecular weight excluding hydrogens is 242 g/mol. The zero-order chi connectivity index (χ0) is 14.3. The summed E-state index contributed by atoms with van der Waals surface area (Å²) in [6.45, 7) is 4.57. The Hall–Kier alpha value is -1.91. The van der Waals surface area contributed by atoms with Crippen LogP contribution in [0.2, 0.25) is 0 Å². The zero-order valence-corrected chi connectivity index (χ0v) is 11.8. The number of carbonyl (C=O) groups excluding carboxylic acids is 1. The second-order valence-electron chi connectivity index (χ2n) is 4.48. The van der Waals surface area contributed by atoms with E-state index in [-0.39, 0.29) is 11.9 Å². The summed E-state index contributed by atoms with van der Waals surface area (Å²) in [4.78, 5) is 11.6. The van der Waals surface area contributed by atoms with Crippen LogP contribution in [0.3, 0.4) is 0 Å². The summed E-state index contributed by atoms with van der Waals surface area (Å²) < 4.78 is 5.14. The Balaban J connectivity index is 2.43. The Kier molecular flexibility index (Phi) is 5.99. The van der Waals surface area contributed by atoms with Gasteiger partial charge in [-0.25, -0.2) is 0 Å². The summed E-state index contributed by atoms with van der Waals surface area (Å²) in [6, 6.07) is 5.74. The SMILES string of the molecule is CCC(C)NC(=O)CCNc1cccc(OC)c1N. The van der Waals surface area contributed by atoms with Crippen LogP contribution < -0.4 is 21.1 Å². The fourth-order valence-corrected chi connectivity index (χ4v) is 1.64. The maximum absolute atomic E-state index is 11.6. The molecule has 1 amide bonds. The van der Waals surface area contributed by atoms with Gasteiger partial charge in [0.2, 0.25) is 5.91 Å². The second-order valence-corrected chi connectivity index (χ2v) is 4.48. The zero-order valence-electron chi connectivity index (χ0n) is 11.8. The lowest BCUT2D eigenvalue weighted by Gasteiger charge is -2.13. The summed E-state index contributed by atoms with van der Waals surface area (Å²) in [6.07, 6.45) is 1.35. The molecule has 0 aromatic heterocycles. The molecule has 0 aliphatic carbocycles. The Labute approximate surface area is 114 Å². The van der Waals surface area contributed by atoms with E-state index in [1.807, 2.05) is 26.0 Å². The van der Waals surface area contributed by atoms with E-state index in [9.17, 15) is 4.79 Å². The molecule has 0 saturated heterocycles. The minimum atomic E-state index is 0.0447. The average molecular weight is 265 g/mol. The third-order valence-electron chi connectivity index (χ3n) is 2.97. The van der Waals surface area contributed by atoms with Crippen molar-refractivity contribution in [2.45, 2.75) is 32.7 Å². The molecule has 1 rings (SSSR count). The minimum Gasteiger partial charge on any atom is -0.495 e. The van der Waals surface area contributed by atoms with E-state index in [1.54, 1.807) is 13.2 Å². The predicted octanol–water partition coefficient (Wildman–Crippen LogP) is 1.99. The standard InChI is InChI=1S/C14H23N3O2/c1-4-10(2)17-13(18)8-9-16-11-6-5-7-12(19-3)14(11)15/h5-7,10,16H,4,8-9,15H2,1-3H3,(H,17,18). The number of anilines is 2. The van der Waals surface area contributed by atoms with Crippen molar-refractivity contribution in [2.24, 2.45) is 0 Å². The molecule has 0 heterocycles. The number of benzene rings is 1. The molecule has 1 unspecified atom stereocenters. The lowest BCUT2D eigenvalue weighted by molar-refractivity contribution is -0.121. The van der Waals surface area contributed by atoms with Crippen LogP contribution in [0.4, 0.5) is 11.4 Å². The van der Waals surface area contributed by atoms with E-state index in [4.69, 9.17) is 10.5 Å². The van der Waals surface area contributed by atoms with Gasteiger partial charge in [0, 0.05) is 19.0 Å². The van der Waals surface area contributed by atoms with Gasteiger partial charge in [0.25, 0.3) is 0 Å². The van der Waals surface area contributed by atoms with E-state index in [2.05, 4.69) is 10.6 Å². The number of nitrogens with two attached hydrogens (primary N) is 1. The molecule has 1 atom stereocenters. The van der Waals surface area contributed by atoms with Crippen molar-refractivity contribution in [3.05, 3.63) is 18.2 Å². The highest BCUT2D eigenvalue weighted by atomic mass is 16.5. The minimum absolute atomic E-state index is 0.0447. The normalized spacial score (nSPS) is 11.7. The van der Waals surface area contributed by atoms with Crippen LogP contribution in [0, 0.1) is 0 Å². The lowest BCUT2D eigenvalue weighted by atomic mass is 10.2.